The average molecular weight is 446 g/mol. The Hall–Kier alpha value is -2.69. The fourth-order valence-corrected chi connectivity index (χ4v) is 6.24. The van der Waals surface area contributed by atoms with Gasteiger partial charge in [-0.3, -0.25) is 4.72 Å². The van der Waals surface area contributed by atoms with Gasteiger partial charge in [0.2, 0.25) is 6.79 Å². The van der Waals surface area contributed by atoms with Gasteiger partial charge >= 0.3 is 0 Å². The third-order valence-electron chi connectivity index (χ3n) is 4.68. The highest BCUT2D eigenvalue weighted by molar-refractivity contribution is 7.93. The second-order valence-corrected chi connectivity index (χ2v) is 9.77. The van der Waals surface area contributed by atoms with Crippen molar-refractivity contribution in [3.05, 3.63) is 57.8 Å². The lowest BCUT2D eigenvalue weighted by Gasteiger charge is -2.11. The highest BCUT2D eigenvalue weighted by Gasteiger charge is 2.22. The van der Waals surface area contributed by atoms with Crippen LogP contribution in [0, 0.1) is 6.92 Å². The van der Waals surface area contributed by atoms with Gasteiger partial charge in [0.05, 0.1) is 17.4 Å². The third kappa shape index (κ3) is 3.43. The van der Waals surface area contributed by atoms with E-state index in [0.717, 1.165) is 39.0 Å². The Kier molecular flexibility index (Phi) is 4.41. The van der Waals surface area contributed by atoms with Gasteiger partial charge in [0.25, 0.3) is 10.0 Å². The van der Waals surface area contributed by atoms with E-state index in [1.54, 1.807) is 29.6 Å². The molecule has 0 amide bonds. The van der Waals surface area contributed by atoms with Crippen molar-refractivity contribution in [3.63, 3.8) is 0 Å². The first-order valence-electron chi connectivity index (χ1n) is 8.70. The first-order chi connectivity index (χ1) is 14.0. The van der Waals surface area contributed by atoms with Crippen LogP contribution in [0.15, 0.2) is 46.7 Å². The Morgan fingerprint density at radius 2 is 1.86 bits per heavy atom. The molecular formula is C19H15N3O4S3. The number of hydrogen-bond acceptors (Lipinski definition) is 8. The zero-order valence-electron chi connectivity index (χ0n) is 15.2. The summed E-state index contributed by atoms with van der Waals surface area (Å²) in [6.07, 6.45) is 0.491. The molecule has 0 aliphatic carbocycles. The Bertz CT molecular complexity index is 1330. The van der Waals surface area contributed by atoms with Gasteiger partial charge in [0.15, 0.2) is 11.5 Å². The molecule has 1 aliphatic heterocycles. The summed E-state index contributed by atoms with van der Waals surface area (Å²) in [5.74, 6) is 1.41. The van der Waals surface area contributed by atoms with E-state index in [4.69, 9.17) is 9.47 Å². The number of aromatic nitrogens is 2. The van der Waals surface area contributed by atoms with E-state index in [2.05, 4.69) is 13.5 Å². The Morgan fingerprint density at radius 1 is 1.07 bits per heavy atom. The number of benzene rings is 2. The minimum Gasteiger partial charge on any atom is -0.454 e. The topological polar surface area (TPSA) is 90.4 Å². The summed E-state index contributed by atoms with van der Waals surface area (Å²) in [6.45, 7) is 2.19. The summed E-state index contributed by atoms with van der Waals surface area (Å²) in [5.41, 5.74) is 3.90. The van der Waals surface area contributed by atoms with Crippen molar-refractivity contribution in [2.75, 3.05) is 11.5 Å². The maximum Gasteiger partial charge on any atom is 0.263 e. The maximum atomic E-state index is 13.0. The second-order valence-electron chi connectivity index (χ2n) is 6.59. The number of sulfonamides is 1. The fourth-order valence-electron chi connectivity index (χ4n) is 3.20. The van der Waals surface area contributed by atoms with E-state index in [0.29, 0.717) is 23.4 Å². The van der Waals surface area contributed by atoms with Crippen LogP contribution in [0.3, 0.4) is 0 Å². The summed E-state index contributed by atoms with van der Waals surface area (Å²) >= 11 is 2.51. The molecule has 0 saturated heterocycles. The molecular weight excluding hydrogens is 430 g/mol. The number of anilines is 1. The van der Waals surface area contributed by atoms with Crippen LogP contribution in [0.2, 0.25) is 0 Å². The summed E-state index contributed by atoms with van der Waals surface area (Å²) < 4.78 is 47.9. The monoisotopic (exact) mass is 445 g/mol. The molecule has 148 valence electrons. The second kappa shape index (κ2) is 6.97. The Morgan fingerprint density at radius 3 is 2.72 bits per heavy atom. The van der Waals surface area contributed by atoms with Crippen molar-refractivity contribution in [3.8, 4) is 11.5 Å². The summed E-state index contributed by atoms with van der Waals surface area (Å²) in [4.78, 5) is 1.03. The van der Waals surface area contributed by atoms with Crippen LogP contribution in [0.5, 0.6) is 11.5 Å². The minimum absolute atomic E-state index is 0.208. The lowest BCUT2D eigenvalue weighted by molar-refractivity contribution is 0.174. The van der Waals surface area contributed by atoms with E-state index < -0.39 is 10.0 Å². The largest absolute Gasteiger partial charge is 0.454 e. The number of fused-ring (bicyclic) bond motifs is 2. The quantitative estimate of drug-likeness (QED) is 0.496. The molecule has 0 atom stereocenters. The van der Waals surface area contributed by atoms with E-state index >= 15 is 0 Å². The molecule has 7 nitrogen and oxygen atoms in total. The lowest BCUT2D eigenvalue weighted by Crippen LogP contribution is -2.14. The van der Waals surface area contributed by atoms with Crippen molar-refractivity contribution in [1.29, 1.82) is 0 Å². The Labute approximate surface area is 175 Å². The number of nitrogens with zero attached hydrogens (tertiary/aromatic N) is 2. The van der Waals surface area contributed by atoms with Gasteiger partial charge in [0.1, 0.15) is 15.9 Å². The van der Waals surface area contributed by atoms with Crippen LogP contribution in [-0.2, 0) is 16.4 Å². The van der Waals surface area contributed by atoms with E-state index in [-0.39, 0.29) is 11.7 Å². The van der Waals surface area contributed by atoms with Gasteiger partial charge in [-0.15, -0.1) is 11.3 Å². The smallest absolute Gasteiger partial charge is 0.263 e. The van der Waals surface area contributed by atoms with Gasteiger partial charge < -0.3 is 9.47 Å². The number of nitrogens with one attached hydrogen (secondary N) is 1. The van der Waals surface area contributed by atoms with Gasteiger partial charge in [-0.1, -0.05) is 0 Å². The highest BCUT2D eigenvalue weighted by atomic mass is 32.2. The molecule has 10 heteroatoms. The van der Waals surface area contributed by atoms with Crippen molar-refractivity contribution in [2.45, 2.75) is 18.2 Å². The first-order valence-corrected chi connectivity index (χ1v) is 11.8. The normalized spacial score (nSPS) is 13.1. The molecule has 0 unspecified atom stereocenters. The molecule has 0 fully saturated rings. The molecule has 0 spiro atoms. The van der Waals surface area contributed by atoms with Crippen molar-refractivity contribution >= 4 is 49.8 Å². The summed E-state index contributed by atoms with van der Waals surface area (Å²) in [6, 6.07) is 10.6. The zero-order chi connectivity index (χ0) is 20.0. The molecule has 4 aromatic rings. The zero-order valence-corrected chi connectivity index (χ0v) is 17.7. The number of hydrogen-bond donors (Lipinski definition) is 1. The minimum atomic E-state index is -3.74. The van der Waals surface area contributed by atoms with Crippen LogP contribution in [-0.4, -0.2) is 24.0 Å². The molecule has 2 aromatic carbocycles. The molecule has 2 aromatic heterocycles. The number of thiophene rings is 1. The third-order valence-corrected chi connectivity index (χ3v) is 7.75. The van der Waals surface area contributed by atoms with Gasteiger partial charge in [-0.25, -0.2) is 8.42 Å². The molecule has 3 heterocycles. The Balaban J connectivity index is 1.44. The lowest BCUT2D eigenvalue weighted by atomic mass is 10.0. The van der Waals surface area contributed by atoms with Crippen LogP contribution >= 0.6 is 23.1 Å². The van der Waals surface area contributed by atoms with Gasteiger partial charge in [-0.2, -0.15) is 8.75 Å². The molecule has 29 heavy (non-hydrogen) atoms. The number of ether oxygens (including phenoxy) is 2. The van der Waals surface area contributed by atoms with E-state index in [1.807, 2.05) is 19.1 Å². The van der Waals surface area contributed by atoms with E-state index in [1.165, 1.54) is 11.3 Å². The summed E-state index contributed by atoms with van der Waals surface area (Å²) in [7, 11) is -3.74. The van der Waals surface area contributed by atoms with Gasteiger partial charge in [-0.05, 0) is 59.8 Å². The van der Waals surface area contributed by atoms with Crippen molar-refractivity contribution < 1.29 is 17.9 Å². The molecule has 0 saturated carbocycles. The molecule has 0 radical (unpaired) electrons. The van der Waals surface area contributed by atoms with Crippen LogP contribution in [0.25, 0.3) is 11.0 Å². The van der Waals surface area contributed by atoms with Crippen LogP contribution in [0.1, 0.15) is 16.0 Å². The average Bonchev–Trinajstić information content (AvgIpc) is 3.41. The van der Waals surface area contributed by atoms with Crippen molar-refractivity contribution in [1.82, 2.24) is 8.75 Å². The molecule has 1 aliphatic rings. The molecule has 5 rings (SSSR count). The molecule has 1 N–H and O–H groups in total. The predicted molar refractivity (Wildman–Crippen MR) is 113 cm³/mol. The van der Waals surface area contributed by atoms with Crippen LogP contribution in [0.4, 0.5) is 5.69 Å². The number of aryl methyl sites for hydroxylation is 1. The predicted octanol–water partition coefficient (Wildman–Crippen LogP) is 4.18. The standard InChI is InChI=1S/C19H15N3O4S3/c1-11-6-16-17(26-10-25-16)7-12(11)8-18-19(4-5-27-18)29(23,24)22-13-2-3-14-15(9-13)21-28-20-14/h2-7,9,22H,8,10H2,1H3. The first kappa shape index (κ1) is 18.3. The van der Waals surface area contributed by atoms with Gasteiger partial charge in [0, 0.05) is 11.3 Å². The highest BCUT2D eigenvalue weighted by Crippen LogP contribution is 2.36. The molecule has 0 bridgehead atoms. The summed E-state index contributed by atoms with van der Waals surface area (Å²) in [5, 5.41) is 1.79. The SMILES string of the molecule is Cc1cc2c(cc1Cc1sccc1S(=O)(=O)Nc1ccc3nsnc3c1)OCO2. The maximum absolute atomic E-state index is 13.0. The van der Waals surface area contributed by atoms with Crippen LogP contribution < -0.4 is 14.2 Å². The van der Waals surface area contributed by atoms with Crippen molar-refractivity contribution in [2.24, 2.45) is 0 Å². The number of rotatable bonds is 5. The fraction of sp³-hybridized carbons (Fsp3) is 0.158. The van der Waals surface area contributed by atoms with E-state index in [9.17, 15) is 8.42 Å².